The number of hydrogen-bond donors (Lipinski definition) is 1. The summed E-state index contributed by atoms with van der Waals surface area (Å²) in [7, 11) is -2.90. The third-order valence-electron chi connectivity index (χ3n) is 0.0638. The molecule has 0 rings (SSSR count). The largest absolute Gasteiger partial charge is 2.00 e. The van der Waals surface area contributed by atoms with E-state index in [2.05, 4.69) is 4.67 Å². The second-order valence-electron chi connectivity index (χ2n) is 0.312. The minimum atomic E-state index is -2.90. The van der Waals surface area contributed by atoms with Gasteiger partial charge in [0.2, 0.25) is 0 Å². The van der Waals surface area contributed by atoms with Gasteiger partial charge in [0.25, 0.3) is 0 Å². The molecule has 0 heterocycles. The molecule has 0 fully saturated rings. The predicted molar refractivity (Wildman–Crippen MR) is 16.0 cm³/mol. The molecule has 1 N–H and O–H groups in total. The van der Waals surface area contributed by atoms with Crippen LogP contribution in [0.3, 0.4) is 0 Å². The smallest absolute Gasteiger partial charge is 0.787 e. The summed E-state index contributed by atoms with van der Waals surface area (Å²) in [6.07, 6.45) is 0. The molecule has 1 atom stereocenters. The van der Waals surface area contributed by atoms with Gasteiger partial charge in [0, 0.05) is 0 Å². The molecule has 0 saturated carbocycles. The Labute approximate surface area is 65.7 Å². The monoisotopic (exact) mass is 136 g/mol. The van der Waals surface area contributed by atoms with E-state index < -0.39 is 8.60 Å². The maximum absolute atomic E-state index is 8.98. The quantitative estimate of drug-likeness (QED) is 0.187. The summed E-state index contributed by atoms with van der Waals surface area (Å²) in [4.78, 5) is 16.3. The normalized spacial score (nSPS) is 12.5. The second kappa shape index (κ2) is 6.53. The molecule has 0 aromatic rings. The van der Waals surface area contributed by atoms with Crippen LogP contribution >= 0.6 is 8.60 Å². The Balaban J connectivity index is 0. The molecule has 4 nitrogen and oxygen atoms in total. The molecule has 6 heavy (non-hydrogen) atoms. The van der Waals surface area contributed by atoms with Crippen LogP contribution in [-0.2, 0) is 4.67 Å². The zero-order valence-corrected chi connectivity index (χ0v) is 5.93. The molecule has 0 aliphatic carbocycles. The van der Waals surface area contributed by atoms with Crippen molar-refractivity contribution >= 4 is 46.3 Å². The minimum absolute atomic E-state index is 0. The fourth-order valence-electron chi connectivity index (χ4n) is 0. The van der Waals surface area contributed by atoms with Gasteiger partial charge >= 0.3 is 37.7 Å². The van der Waals surface area contributed by atoms with Crippen LogP contribution in [0.15, 0.2) is 0 Å². The standard InChI is InChI=1S/Ca.H2O4P/c;1-4-5(2)3/h;1-2H/q+2;-1/p-1. The average Bonchev–Trinajstić information content (AvgIpc) is 1.38. The Morgan fingerprint density at radius 1 is 1.67 bits per heavy atom. The fraction of sp³-hybridized carbons (Fsp3) is 0. The Morgan fingerprint density at radius 2 is 1.83 bits per heavy atom. The molecule has 0 spiro atoms. The van der Waals surface area contributed by atoms with Crippen molar-refractivity contribution in [3.05, 3.63) is 0 Å². The first kappa shape index (κ1) is 10.5. The first-order valence-corrected chi connectivity index (χ1v) is 1.86. The Kier molecular flexibility index (Phi) is 11.4. The minimum Gasteiger partial charge on any atom is -0.787 e. The van der Waals surface area contributed by atoms with E-state index in [4.69, 9.17) is 15.0 Å². The van der Waals surface area contributed by atoms with Gasteiger partial charge in [0.15, 0.2) is 0 Å². The van der Waals surface area contributed by atoms with Crippen LogP contribution in [0.4, 0.5) is 0 Å². The van der Waals surface area contributed by atoms with Crippen LogP contribution in [0.1, 0.15) is 0 Å². The van der Waals surface area contributed by atoms with Gasteiger partial charge in [0.05, 0.1) is 8.60 Å². The van der Waals surface area contributed by atoms with Crippen molar-refractivity contribution in [3.8, 4) is 0 Å². The van der Waals surface area contributed by atoms with Crippen molar-refractivity contribution < 1.29 is 19.7 Å². The molecule has 0 saturated heterocycles. The maximum Gasteiger partial charge on any atom is 2.00 e. The molecule has 0 aliphatic rings. The summed E-state index contributed by atoms with van der Waals surface area (Å²) in [5, 5.41) is 8.60. The van der Waals surface area contributed by atoms with Gasteiger partial charge in [-0.15, -0.1) is 0 Å². The van der Waals surface area contributed by atoms with Crippen molar-refractivity contribution in [2.75, 3.05) is 0 Å². The van der Waals surface area contributed by atoms with Crippen molar-refractivity contribution in [1.82, 2.24) is 0 Å². The molecular weight excluding hydrogens is 135 g/mol. The molecule has 0 bridgehead atoms. The van der Waals surface area contributed by atoms with Gasteiger partial charge in [-0.2, -0.15) is 0 Å². The second-order valence-corrected chi connectivity index (χ2v) is 0.937. The Hall–Kier alpha value is 1.53. The summed E-state index contributed by atoms with van der Waals surface area (Å²) < 4.78 is 2.56. The molecule has 0 aromatic carbocycles. The van der Waals surface area contributed by atoms with Gasteiger partial charge in [-0.1, -0.05) is 0 Å². The van der Waals surface area contributed by atoms with Crippen molar-refractivity contribution in [2.24, 2.45) is 0 Å². The Bertz CT molecular complexity index is 21.5. The predicted octanol–water partition coefficient (Wildman–Crippen LogP) is -2.52. The van der Waals surface area contributed by atoms with Crippen LogP contribution in [-0.4, -0.2) is 42.6 Å². The first-order chi connectivity index (χ1) is 2.27. The zero-order chi connectivity index (χ0) is 4.28. The van der Waals surface area contributed by atoms with E-state index in [1.807, 2.05) is 0 Å². The maximum atomic E-state index is 8.98. The summed E-state index contributed by atoms with van der Waals surface area (Å²) in [6, 6.07) is 0. The summed E-state index contributed by atoms with van der Waals surface area (Å²) in [6.45, 7) is 0. The number of rotatable bonds is 1. The average molecular weight is 136 g/mol. The van der Waals surface area contributed by atoms with E-state index in [9.17, 15) is 0 Å². The van der Waals surface area contributed by atoms with E-state index in [0.29, 0.717) is 0 Å². The molecule has 0 amide bonds. The first-order valence-electron chi connectivity index (χ1n) is 0.732. The molecule has 1 unspecified atom stereocenters. The van der Waals surface area contributed by atoms with Crippen molar-refractivity contribution in [1.29, 1.82) is 0 Å². The molecule has 32 valence electrons. The topological polar surface area (TPSA) is 75.6 Å². The third-order valence-corrected chi connectivity index (χ3v) is 0.191. The van der Waals surface area contributed by atoms with Crippen LogP contribution in [0.5, 0.6) is 0 Å². The van der Waals surface area contributed by atoms with E-state index in [-0.39, 0.29) is 37.7 Å². The molecule has 0 aliphatic heterocycles. The van der Waals surface area contributed by atoms with Gasteiger partial charge in [-0.3, -0.25) is 0 Å². The van der Waals surface area contributed by atoms with E-state index in [0.717, 1.165) is 0 Å². The van der Waals surface area contributed by atoms with E-state index >= 15 is 0 Å². The molecule has 0 radical (unpaired) electrons. The Morgan fingerprint density at radius 3 is 1.83 bits per heavy atom. The van der Waals surface area contributed by atoms with Crippen LogP contribution in [0, 0.1) is 0 Å². The molecule has 6 heteroatoms. The molecule has 0 aromatic heterocycles. The zero-order valence-electron chi connectivity index (χ0n) is 2.83. The number of hydrogen-bond acceptors (Lipinski definition) is 4. The third kappa shape index (κ3) is 9.11. The van der Waals surface area contributed by atoms with Crippen LogP contribution in [0.2, 0.25) is 0 Å². The van der Waals surface area contributed by atoms with Gasteiger partial charge in [-0.05, 0) is 0 Å². The fourth-order valence-corrected chi connectivity index (χ4v) is 0. The van der Waals surface area contributed by atoms with Crippen molar-refractivity contribution in [3.63, 3.8) is 0 Å². The van der Waals surface area contributed by atoms with Gasteiger partial charge < -0.3 is 19.7 Å². The SMILES string of the molecule is [Ca+2].[O-]OP([O-])O. The van der Waals surface area contributed by atoms with Gasteiger partial charge in [-0.25, -0.2) is 0 Å². The van der Waals surface area contributed by atoms with Gasteiger partial charge in [0.1, 0.15) is 0 Å². The summed E-state index contributed by atoms with van der Waals surface area (Å²) in [5.74, 6) is 0. The van der Waals surface area contributed by atoms with E-state index in [1.165, 1.54) is 0 Å². The van der Waals surface area contributed by atoms with Crippen molar-refractivity contribution in [2.45, 2.75) is 0 Å². The summed E-state index contributed by atoms with van der Waals surface area (Å²) in [5.41, 5.74) is 0. The molecular formula is HCaO4P. The van der Waals surface area contributed by atoms with Crippen LogP contribution < -0.4 is 10.2 Å². The van der Waals surface area contributed by atoms with Crippen LogP contribution in [0.25, 0.3) is 0 Å². The summed E-state index contributed by atoms with van der Waals surface area (Å²) >= 11 is 0. The van der Waals surface area contributed by atoms with E-state index in [1.54, 1.807) is 0 Å².